The van der Waals surface area contributed by atoms with Crippen molar-refractivity contribution >= 4 is 17.9 Å². The molecule has 0 heterocycles. The number of carbonyl (C=O) groups is 3. The van der Waals surface area contributed by atoms with Crippen LogP contribution in [0, 0.1) is 0 Å². The molecule has 0 saturated heterocycles. The fourth-order valence-corrected chi connectivity index (χ4v) is 7.36. The van der Waals surface area contributed by atoms with Crippen molar-refractivity contribution in [2.75, 3.05) is 0 Å². The van der Waals surface area contributed by atoms with Gasteiger partial charge in [-0.15, -0.1) is 0 Å². The minimum absolute atomic E-state index is 0.0231. The van der Waals surface area contributed by atoms with Gasteiger partial charge in [-0.25, -0.2) is 14.4 Å². The second-order valence-electron chi connectivity index (χ2n) is 16.5. The highest BCUT2D eigenvalue weighted by Crippen LogP contribution is 2.35. The van der Waals surface area contributed by atoms with Crippen molar-refractivity contribution in [2.24, 2.45) is 0 Å². The van der Waals surface area contributed by atoms with E-state index in [1.807, 2.05) is 91.0 Å². The zero-order chi connectivity index (χ0) is 42.5. The van der Waals surface area contributed by atoms with Crippen LogP contribution in [0.25, 0.3) is 0 Å². The van der Waals surface area contributed by atoms with Crippen LogP contribution in [0.3, 0.4) is 0 Å². The molecule has 0 amide bonds. The van der Waals surface area contributed by atoms with Gasteiger partial charge in [-0.3, -0.25) is 0 Å². The zero-order valence-corrected chi connectivity index (χ0v) is 34.8. The SMILES string of the molecule is CC(C)(c1ccccc1)c1ccc(OC(=O)c2cc(C(=O)Oc3ccc(C(C)(C)c4ccccc4)cc3)cc(C(=O)Oc3ccc(C(C)(C)c4ccccc4)cc3)c2)cc1. The van der Waals surface area contributed by atoms with E-state index >= 15 is 0 Å². The van der Waals surface area contributed by atoms with Gasteiger partial charge in [0.15, 0.2) is 0 Å². The molecule has 0 unspecified atom stereocenters. The Labute approximate surface area is 352 Å². The van der Waals surface area contributed by atoms with Gasteiger partial charge in [0.05, 0.1) is 16.7 Å². The minimum Gasteiger partial charge on any atom is -0.423 e. The van der Waals surface area contributed by atoms with Crippen molar-refractivity contribution in [3.63, 3.8) is 0 Å². The number of hydrogen-bond acceptors (Lipinski definition) is 6. The van der Waals surface area contributed by atoms with Crippen LogP contribution in [-0.4, -0.2) is 17.9 Å². The number of benzene rings is 7. The number of rotatable bonds is 12. The van der Waals surface area contributed by atoms with E-state index in [4.69, 9.17) is 14.2 Å². The molecule has 0 aliphatic rings. The molecule has 0 aliphatic heterocycles. The van der Waals surface area contributed by atoms with Crippen LogP contribution in [0.5, 0.6) is 17.2 Å². The Morgan fingerprint density at radius 2 is 0.500 bits per heavy atom. The minimum atomic E-state index is -0.756. The summed E-state index contributed by atoms with van der Waals surface area (Å²) in [5, 5.41) is 0. The predicted octanol–water partition coefficient (Wildman–Crippen LogP) is 12.3. The molecule has 7 rings (SSSR count). The van der Waals surface area contributed by atoms with Crippen LogP contribution in [-0.2, 0) is 16.2 Å². The van der Waals surface area contributed by atoms with E-state index in [9.17, 15) is 14.4 Å². The Hall–Kier alpha value is -7.05. The van der Waals surface area contributed by atoms with Gasteiger partial charge in [0, 0.05) is 16.2 Å². The lowest BCUT2D eigenvalue weighted by molar-refractivity contribution is 0.0734. The fraction of sp³-hybridized carbons (Fsp3) is 0.167. The fourth-order valence-electron chi connectivity index (χ4n) is 7.36. The van der Waals surface area contributed by atoms with E-state index < -0.39 is 17.9 Å². The molecule has 6 nitrogen and oxygen atoms in total. The van der Waals surface area contributed by atoms with Crippen LogP contribution in [0.1, 0.15) is 106 Å². The normalized spacial score (nSPS) is 11.7. The Morgan fingerprint density at radius 1 is 0.300 bits per heavy atom. The molecular weight excluding hydrogens is 745 g/mol. The molecule has 0 fully saturated rings. The van der Waals surface area contributed by atoms with Gasteiger partial charge in [-0.05, 0) is 88.0 Å². The summed E-state index contributed by atoms with van der Waals surface area (Å²) in [5.74, 6) is -1.35. The van der Waals surface area contributed by atoms with Crippen LogP contribution >= 0.6 is 0 Å². The van der Waals surface area contributed by atoms with Crippen LogP contribution < -0.4 is 14.2 Å². The summed E-state index contributed by atoms with van der Waals surface area (Å²) >= 11 is 0. The summed E-state index contributed by atoms with van der Waals surface area (Å²) in [6.45, 7) is 12.8. The Kier molecular flexibility index (Phi) is 11.7. The van der Waals surface area contributed by atoms with E-state index in [2.05, 4.69) is 77.9 Å². The van der Waals surface area contributed by atoms with Crippen molar-refractivity contribution in [1.29, 1.82) is 0 Å². The van der Waals surface area contributed by atoms with Gasteiger partial charge in [-0.2, -0.15) is 0 Å². The number of hydrogen-bond donors (Lipinski definition) is 0. The summed E-state index contributed by atoms with van der Waals surface area (Å²) in [5.41, 5.74) is 5.63. The third kappa shape index (κ3) is 8.98. The lowest BCUT2D eigenvalue weighted by Gasteiger charge is -2.26. The first kappa shape index (κ1) is 41.1. The molecule has 6 heteroatoms. The first-order valence-electron chi connectivity index (χ1n) is 20.0. The lowest BCUT2D eigenvalue weighted by Crippen LogP contribution is -2.19. The van der Waals surface area contributed by atoms with Gasteiger partial charge in [0.25, 0.3) is 0 Å². The summed E-state index contributed by atoms with van der Waals surface area (Å²) in [6.07, 6.45) is 0. The first-order chi connectivity index (χ1) is 28.7. The quantitative estimate of drug-likeness (QED) is 0.0905. The Bertz CT molecular complexity index is 2290. The number of carbonyl (C=O) groups excluding carboxylic acids is 3. The first-order valence-corrected chi connectivity index (χ1v) is 20.0. The third-order valence-electron chi connectivity index (χ3n) is 11.5. The maximum Gasteiger partial charge on any atom is 0.343 e. The van der Waals surface area contributed by atoms with Crippen molar-refractivity contribution in [3.05, 3.63) is 232 Å². The van der Waals surface area contributed by atoms with Gasteiger partial charge < -0.3 is 14.2 Å². The second kappa shape index (κ2) is 17.0. The third-order valence-corrected chi connectivity index (χ3v) is 11.5. The van der Waals surface area contributed by atoms with E-state index in [1.54, 1.807) is 36.4 Å². The van der Waals surface area contributed by atoms with E-state index in [1.165, 1.54) is 18.2 Å². The van der Waals surface area contributed by atoms with Crippen molar-refractivity contribution in [2.45, 2.75) is 57.8 Å². The zero-order valence-electron chi connectivity index (χ0n) is 34.8. The van der Waals surface area contributed by atoms with E-state index in [-0.39, 0.29) is 32.9 Å². The molecule has 0 aliphatic carbocycles. The largest absolute Gasteiger partial charge is 0.423 e. The van der Waals surface area contributed by atoms with E-state index in [0.29, 0.717) is 17.2 Å². The predicted molar refractivity (Wildman–Crippen MR) is 236 cm³/mol. The lowest BCUT2D eigenvalue weighted by atomic mass is 9.78. The summed E-state index contributed by atoms with van der Waals surface area (Å²) in [4.78, 5) is 41.3. The van der Waals surface area contributed by atoms with Crippen LogP contribution in [0.2, 0.25) is 0 Å². The molecule has 0 atom stereocenters. The van der Waals surface area contributed by atoms with E-state index in [0.717, 1.165) is 33.4 Å². The highest BCUT2D eigenvalue weighted by molar-refractivity contribution is 6.02. The molecule has 7 aromatic rings. The van der Waals surface area contributed by atoms with Crippen molar-refractivity contribution in [3.8, 4) is 17.2 Å². The monoisotopic (exact) mass is 792 g/mol. The number of esters is 3. The average molecular weight is 793 g/mol. The maximum absolute atomic E-state index is 13.8. The molecule has 0 spiro atoms. The van der Waals surface area contributed by atoms with Crippen molar-refractivity contribution < 1.29 is 28.6 Å². The maximum atomic E-state index is 13.8. The summed E-state index contributed by atoms with van der Waals surface area (Å²) in [7, 11) is 0. The summed E-state index contributed by atoms with van der Waals surface area (Å²) < 4.78 is 17.4. The molecule has 0 N–H and O–H groups in total. The van der Waals surface area contributed by atoms with Gasteiger partial charge >= 0.3 is 17.9 Å². The molecule has 0 saturated carbocycles. The van der Waals surface area contributed by atoms with Crippen LogP contribution in [0.4, 0.5) is 0 Å². The van der Waals surface area contributed by atoms with Gasteiger partial charge in [0.2, 0.25) is 0 Å². The molecule has 0 radical (unpaired) electrons. The smallest absolute Gasteiger partial charge is 0.343 e. The molecular formula is C54H48O6. The second-order valence-corrected chi connectivity index (χ2v) is 16.5. The Balaban J connectivity index is 1.13. The van der Waals surface area contributed by atoms with Gasteiger partial charge in [0.1, 0.15) is 17.2 Å². The van der Waals surface area contributed by atoms with Crippen LogP contribution in [0.15, 0.2) is 182 Å². The summed E-state index contributed by atoms with van der Waals surface area (Å²) in [6, 6.07) is 56.5. The standard InChI is InChI=1S/C54H48O6/c1-52(2,40-16-10-7-11-17-40)43-22-28-46(29-23-43)58-49(55)37-34-38(50(56)59-47-30-24-44(25-31-47)53(3,4)41-18-12-8-13-19-41)36-39(35-37)51(57)60-48-32-26-45(27-33-48)54(5,6)42-20-14-9-15-21-42/h7-36H,1-6H3. The molecule has 0 bridgehead atoms. The number of ether oxygens (including phenoxy) is 3. The highest BCUT2D eigenvalue weighted by atomic mass is 16.5. The molecule has 7 aromatic carbocycles. The average Bonchev–Trinajstić information content (AvgIpc) is 3.27. The highest BCUT2D eigenvalue weighted by Gasteiger charge is 2.26. The molecule has 60 heavy (non-hydrogen) atoms. The Morgan fingerprint density at radius 3 is 0.717 bits per heavy atom. The molecule has 0 aromatic heterocycles. The topological polar surface area (TPSA) is 78.9 Å². The molecule has 300 valence electrons. The van der Waals surface area contributed by atoms with Crippen molar-refractivity contribution in [1.82, 2.24) is 0 Å². The van der Waals surface area contributed by atoms with Gasteiger partial charge in [-0.1, -0.05) is 169 Å².